The van der Waals surface area contributed by atoms with E-state index < -0.39 is 0 Å². The Balaban J connectivity index is 2.23. The third-order valence-electron chi connectivity index (χ3n) is 2.28. The van der Waals surface area contributed by atoms with Gasteiger partial charge in [-0.2, -0.15) is 0 Å². The van der Waals surface area contributed by atoms with Crippen LogP contribution < -0.4 is 4.90 Å². The number of β-amino-alcohol motifs (C(OH)–C–C–N with tert-alkyl or cyclic N) is 1. The lowest BCUT2D eigenvalue weighted by Gasteiger charge is -2.16. The molecule has 2 heterocycles. The van der Waals surface area contributed by atoms with Crippen molar-refractivity contribution in [3.05, 3.63) is 17.0 Å². The molecular weight excluding hydrogens is 202 g/mol. The van der Waals surface area contributed by atoms with E-state index in [2.05, 4.69) is 9.97 Å². The summed E-state index contributed by atoms with van der Waals surface area (Å²) in [6, 6.07) is 1.73. The first-order valence-corrected chi connectivity index (χ1v) is 4.97. The first-order chi connectivity index (χ1) is 6.65. The summed E-state index contributed by atoms with van der Waals surface area (Å²) in [6.07, 6.45) is 0.546. The van der Waals surface area contributed by atoms with E-state index >= 15 is 0 Å². The van der Waals surface area contributed by atoms with Gasteiger partial charge in [0.25, 0.3) is 0 Å². The van der Waals surface area contributed by atoms with Gasteiger partial charge in [0, 0.05) is 19.2 Å². The zero-order valence-electron chi connectivity index (χ0n) is 7.94. The van der Waals surface area contributed by atoms with Gasteiger partial charge in [0.2, 0.25) is 0 Å². The molecule has 1 aliphatic heterocycles. The summed E-state index contributed by atoms with van der Waals surface area (Å²) in [6.45, 7) is 3.27. The van der Waals surface area contributed by atoms with Crippen molar-refractivity contribution in [2.75, 3.05) is 18.0 Å². The van der Waals surface area contributed by atoms with Crippen LogP contribution in [0.1, 0.15) is 12.2 Å². The summed E-state index contributed by atoms with van der Waals surface area (Å²) < 4.78 is 0. The van der Waals surface area contributed by atoms with E-state index in [4.69, 9.17) is 11.6 Å². The number of aromatic nitrogens is 2. The van der Waals surface area contributed by atoms with Crippen molar-refractivity contribution < 1.29 is 5.11 Å². The minimum absolute atomic E-state index is 0.246. The van der Waals surface area contributed by atoms with Crippen LogP contribution in [0.3, 0.4) is 0 Å². The maximum Gasteiger partial charge on any atom is 0.134 e. The van der Waals surface area contributed by atoms with E-state index in [1.54, 1.807) is 6.07 Å². The second-order valence-corrected chi connectivity index (χ2v) is 3.87. The quantitative estimate of drug-likeness (QED) is 0.708. The molecule has 1 N–H and O–H groups in total. The highest BCUT2D eigenvalue weighted by atomic mass is 35.5. The van der Waals surface area contributed by atoms with Crippen LogP contribution in [0.2, 0.25) is 5.15 Å². The van der Waals surface area contributed by atoms with Gasteiger partial charge in [-0.3, -0.25) is 0 Å². The molecular formula is C9H12ClN3O. The van der Waals surface area contributed by atoms with Gasteiger partial charge in [-0.15, -0.1) is 0 Å². The second-order valence-electron chi connectivity index (χ2n) is 3.48. The van der Waals surface area contributed by atoms with Crippen LogP contribution in [0.15, 0.2) is 6.07 Å². The number of anilines is 1. The zero-order chi connectivity index (χ0) is 10.1. The maximum atomic E-state index is 9.38. The SMILES string of the molecule is Cc1nc(Cl)cc(N2CCC(O)C2)n1. The first kappa shape index (κ1) is 9.68. The van der Waals surface area contributed by atoms with Gasteiger partial charge >= 0.3 is 0 Å². The average Bonchev–Trinajstić information content (AvgIpc) is 2.50. The van der Waals surface area contributed by atoms with Gasteiger partial charge in [-0.25, -0.2) is 9.97 Å². The Morgan fingerprint density at radius 2 is 2.36 bits per heavy atom. The molecule has 1 fully saturated rings. The fourth-order valence-electron chi connectivity index (χ4n) is 1.63. The molecule has 1 aliphatic rings. The fourth-order valence-corrected chi connectivity index (χ4v) is 1.85. The van der Waals surface area contributed by atoms with Crippen molar-refractivity contribution in [3.63, 3.8) is 0 Å². The maximum absolute atomic E-state index is 9.38. The number of hydrogen-bond donors (Lipinski definition) is 1. The molecule has 0 radical (unpaired) electrons. The van der Waals surface area contributed by atoms with Gasteiger partial charge < -0.3 is 10.0 Å². The summed E-state index contributed by atoms with van der Waals surface area (Å²) in [7, 11) is 0. The summed E-state index contributed by atoms with van der Waals surface area (Å²) in [5, 5.41) is 9.83. The summed E-state index contributed by atoms with van der Waals surface area (Å²) >= 11 is 5.82. The Labute approximate surface area is 87.5 Å². The first-order valence-electron chi connectivity index (χ1n) is 4.59. The van der Waals surface area contributed by atoms with Crippen molar-refractivity contribution in [2.45, 2.75) is 19.4 Å². The monoisotopic (exact) mass is 213 g/mol. The lowest BCUT2D eigenvalue weighted by Crippen LogP contribution is -2.22. The molecule has 4 nitrogen and oxygen atoms in total. The predicted octanol–water partition coefficient (Wildman–Crippen LogP) is 1.01. The lowest BCUT2D eigenvalue weighted by atomic mass is 10.3. The van der Waals surface area contributed by atoms with Crippen LogP contribution in [0, 0.1) is 6.92 Å². The molecule has 0 aliphatic carbocycles. The molecule has 1 unspecified atom stereocenters. The van der Waals surface area contributed by atoms with E-state index in [1.807, 2.05) is 11.8 Å². The average molecular weight is 214 g/mol. The van der Waals surface area contributed by atoms with Crippen LogP contribution in [-0.2, 0) is 0 Å². The number of halogens is 1. The molecule has 1 aromatic heterocycles. The van der Waals surface area contributed by atoms with Gasteiger partial charge in [0.1, 0.15) is 16.8 Å². The van der Waals surface area contributed by atoms with E-state index in [-0.39, 0.29) is 6.10 Å². The minimum Gasteiger partial charge on any atom is -0.391 e. The highest BCUT2D eigenvalue weighted by Crippen LogP contribution is 2.20. The van der Waals surface area contributed by atoms with Crippen LogP contribution in [0.4, 0.5) is 5.82 Å². The molecule has 0 aromatic carbocycles. The highest BCUT2D eigenvalue weighted by Gasteiger charge is 2.21. The smallest absolute Gasteiger partial charge is 0.134 e. The molecule has 0 amide bonds. The standard InChI is InChI=1S/C9H12ClN3O/c1-6-11-8(10)4-9(12-6)13-3-2-7(14)5-13/h4,7,14H,2-3,5H2,1H3. The zero-order valence-corrected chi connectivity index (χ0v) is 8.70. The lowest BCUT2D eigenvalue weighted by molar-refractivity contribution is 0.198. The van der Waals surface area contributed by atoms with Gasteiger partial charge in [-0.1, -0.05) is 11.6 Å². The van der Waals surface area contributed by atoms with E-state index in [1.165, 1.54) is 0 Å². The molecule has 2 rings (SSSR count). The van der Waals surface area contributed by atoms with Crippen molar-refractivity contribution in [1.29, 1.82) is 0 Å². The van der Waals surface area contributed by atoms with E-state index in [0.717, 1.165) is 18.8 Å². The van der Waals surface area contributed by atoms with Gasteiger partial charge in [0.05, 0.1) is 6.10 Å². The van der Waals surface area contributed by atoms with E-state index in [0.29, 0.717) is 17.5 Å². The van der Waals surface area contributed by atoms with Crippen molar-refractivity contribution in [1.82, 2.24) is 9.97 Å². The molecule has 14 heavy (non-hydrogen) atoms. The van der Waals surface area contributed by atoms with Crippen molar-refractivity contribution in [2.24, 2.45) is 0 Å². The third-order valence-corrected chi connectivity index (χ3v) is 2.47. The van der Waals surface area contributed by atoms with Gasteiger partial charge in [-0.05, 0) is 13.3 Å². The predicted molar refractivity (Wildman–Crippen MR) is 54.6 cm³/mol. The summed E-state index contributed by atoms with van der Waals surface area (Å²) in [4.78, 5) is 10.3. The number of aliphatic hydroxyl groups is 1. The summed E-state index contributed by atoms with van der Waals surface area (Å²) in [5.74, 6) is 1.47. The molecule has 0 bridgehead atoms. The minimum atomic E-state index is -0.246. The second kappa shape index (κ2) is 3.71. The Morgan fingerprint density at radius 3 is 2.93 bits per heavy atom. The summed E-state index contributed by atoms with van der Waals surface area (Å²) in [5.41, 5.74) is 0. The number of aliphatic hydroxyl groups excluding tert-OH is 1. The van der Waals surface area contributed by atoms with Crippen LogP contribution in [0.5, 0.6) is 0 Å². The number of hydrogen-bond acceptors (Lipinski definition) is 4. The number of aryl methyl sites for hydroxylation is 1. The molecule has 1 saturated heterocycles. The molecule has 5 heteroatoms. The molecule has 0 spiro atoms. The van der Waals surface area contributed by atoms with Crippen LogP contribution in [0.25, 0.3) is 0 Å². The van der Waals surface area contributed by atoms with Crippen LogP contribution in [-0.4, -0.2) is 34.3 Å². The normalized spacial score (nSPS) is 21.6. The number of rotatable bonds is 1. The van der Waals surface area contributed by atoms with Gasteiger partial charge in [0.15, 0.2) is 0 Å². The highest BCUT2D eigenvalue weighted by molar-refractivity contribution is 6.29. The Bertz CT molecular complexity index is 325. The Morgan fingerprint density at radius 1 is 1.57 bits per heavy atom. The van der Waals surface area contributed by atoms with Crippen LogP contribution >= 0.6 is 11.6 Å². The molecule has 0 saturated carbocycles. The van der Waals surface area contributed by atoms with Crippen molar-refractivity contribution in [3.8, 4) is 0 Å². The Kier molecular flexibility index (Phi) is 2.56. The Hall–Kier alpha value is -0.870. The molecule has 76 valence electrons. The largest absolute Gasteiger partial charge is 0.391 e. The molecule has 1 aromatic rings. The molecule has 1 atom stereocenters. The van der Waals surface area contributed by atoms with E-state index in [9.17, 15) is 5.11 Å². The fraction of sp³-hybridized carbons (Fsp3) is 0.556. The third kappa shape index (κ3) is 1.96. The number of nitrogens with zero attached hydrogens (tertiary/aromatic N) is 3. The topological polar surface area (TPSA) is 49.2 Å². The van der Waals surface area contributed by atoms with Crippen molar-refractivity contribution >= 4 is 17.4 Å².